The van der Waals surface area contributed by atoms with Crippen molar-refractivity contribution in [2.45, 2.75) is 38.5 Å². The number of aliphatic carboxylic acids is 1. The molecule has 7 nitrogen and oxygen atoms in total. The fraction of sp³-hybridized carbons (Fsp3) is 0.261. The van der Waals surface area contributed by atoms with Crippen molar-refractivity contribution >= 4 is 23.8 Å². The summed E-state index contributed by atoms with van der Waals surface area (Å²) in [7, 11) is 0. The maximum absolute atomic E-state index is 13.1. The van der Waals surface area contributed by atoms with Crippen LogP contribution in [0.3, 0.4) is 0 Å². The molecule has 3 rings (SSSR count). The fourth-order valence-corrected chi connectivity index (χ4v) is 3.53. The summed E-state index contributed by atoms with van der Waals surface area (Å²) in [6, 6.07) is 11.2. The van der Waals surface area contributed by atoms with Gasteiger partial charge in [-0.05, 0) is 66.6 Å². The number of carboxylic acid groups (broad SMARTS) is 1. The first-order valence-corrected chi connectivity index (χ1v) is 11.0. The van der Waals surface area contributed by atoms with Gasteiger partial charge in [0.05, 0.1) is 6.61 Å². The molecule has 9 heteroatoms. The minimum atomic E-state index is -1.08. The number of hydrogen-bond donors (Lipinski definition) is 2. The van der Waals surface area contributed by atoms with E-state index in [2.05, 4.69) is 15.2 Å². The molecule has 0 fully saturated rings. The van der Waals surface area contributed by atoms with E-state index in [1.165, 1.54) is 18.2 Å². The number of hydrogen-bond acceptors (Lipinski definition) is 6. The van der Waals surface area contributed by atoms with Crippen molar-refractivity contribution in [3.05, 3.63) is 70.1 Å². The molecule has 0 aliphatic heterocycles. The Bertz CT molecular complexity index is 1080. The largest absolute Gasteiger partial charge is 0.490 e. The van der Waals surface area contributed by atoms with Crippen LogP contribution in [0.25, 0.3) is 6.08 Å². The van der Waals surface area contributed by atoms with Crippen LogP contribution in [0.5, 0.6) is 11.5 Å². The van der Waals surface area contributed by atoms with E-state index in [0.29, 0.717) is 28.8 Å². The number of aryl methyl sites for hydroxylation is 1. The second kappa shape index (κ2) is 11.3. The minimum absolute atomic E-state index is 0.0782. The molecule has 0 radical (unpaired) electrons. The number of H-pyrrole nitrogens is 1. The molecule has 0 bridgehead atoms. The molecule has 0 saturated heterocycles. The lowest BCUT2D eigenvalue weighted by Gasteiger charge is -2.13. The van der Waals surface area contributed by atoms with Gasteiger partial charge in [0.15, 0.2) is 11.5 Å². The van der Waals surface area contributed by atoms with Crippen molar-refractivity contribution in [3.63, 3.8) is 0 Å². The number of carbonyl (C=O) groups is 1. The van der Waals surface area contributed by atoms with Gasteiger partial charge in [0.2, 0.25) is 5.16 Å². The summed E-state index contributed by atoms with van der Waals surface area (Å²) in [4.78, 5) is 16.1. The highest BCUT2D eigenvalue weighted by Crippen LogP contribution is 2.32. The highest BCUT2D eigenvalue weighted by molar-refractivity contribution is 8.04. The van der Waals surface area contributed by atoms with Gasteiger partial charge in [-0.1, -0.05) is 25.1 Å². The Morgan fingerprint density at radius 1 is 1.16 bits per heavy atom. The first-order chi connectivity index (χ1) is 15.5. The molecule has 0 unspecified atom stereocenters. The number of aromatic amines is 1. The molecule has 2 N–H and O–H groups in total. The standard InChI is InChI=1S/C23H24FN3O4S/c1-3-5-21-25-23(27-26-21)32-20(22(28)29)13-16-8-11-18(19(12-16)30-4-2)31-14-15-6-9-17(24)10-7-15/h6-13H,3-5,14H2,1-2H3,(H,28,29)(H,25,26,27)/b20-13-. The van der Waals surface area contributed by atoms with E-state index in [1.807, 2.05) is 13.8 Å². The van der Waals surface area contributed by atoms with Gasteiger partial charge in [-0.3, -0.25) is 5.10 Å². The zero-order valence-corrected chi connectivity index (χ0v) is 18.6. The van der Waals surface area contributed by atoms with E-state index in [0.717, 1.165) is 36.0 Å². The van der Waals surface area contributed by atoms with E-state index in [9.17, 15) is 14.3 Å². The molecule has 1 aromatic heterocycles. The Morgan fingerprint density at radius 2 is 1.94 bits per heavy atom. The average Bonchev–Trinajstić information content (AvgIpc) is 3.21. The third-order valence-corrected chi connectivity index (χ3v) is 5.16. The smallest absolute Gasteiger partial charge is 0.342 e. The second-order valence-electron chi connectivity index (χ2n) is 6.78. The van der Waals surface area contributed by atoms with E-state index < -0.39 is 5.97 Å². The Labute approximate surface area is 189 Å². The average molecular weight is 458 g/mol. The Hall–Kier alpha value is -3.33. The predicted molar refractivity (Wildman–Crippen MR) is 120 cm³/mol. The van der Waals surface area contributed by atoms with Crippen molar-refractivity contribution in [1.82, 2.24) is 15.2 Å². The molecular weight excluding hydrogens is 433 g/mol. The maximum atomic E-state index is 13.1. The minimum Gasteiger partial charge on any atom is -0.490 e. The van der Waals surface area contributed by atoms with Gasteiger partial charge < -0.3 is 14.6 Å². The monoisotopic (exact) mass is 457 g/mol. The number of aromatic nitrogens is 3. The molecule has 0 spiro atoms. The molecule has 0 aliphatic rings. The van der Waals surface area contributed by atoms with Gasteiger partial charge in [0.25, 0.3) is 0 Å². The summed E-state index contributed by atoms with van der Waals surface area (Å²) >= 11 is 0.976. The second-order valence-corrected chi connectivity index (χ2v) is 7.79. The van der Waals surface area contributed by atoms with Crippen molar-refractivity contribution < 1.29 is 23.8 Å². The Balaban J connectivity index is 1.78. The lowest BCUT2D eigenvalue weighted by Crippen LogP contribution is -2.01. The first-order valence-electron chi connectivity index (χ1n) is 10.2. The Morgan fingerprint density at radius 3 is 2.62 bits per heavy atom. The van der Waals surface area contributed by atoms with Gasteiger partial charge >= 0.3 is 5.97 Å². The summed E-state index contributed by atoms with van der Waals surface area (Å²) in [5.74, 6) is 0.336. The predicted octanol–water partition coefficient (Wildman–Crippen LogP) is 5.09. The first kappa shape index (κ1) is 23.3. The van der Waals surface area contributed by atoms with Crippen molar-refractivity contribution in [3.8, 4) is 11.5 Å². The van der Waals surface area contributed by atoms with Gasteiger partial charge in [-0.2, -0.15) is 0 Å². The number of nitrogens with one attached hydrogen (secondary N) is 1. The highest BCUT2D eigenvalue weighted by atomic mass is 32.2. The molecule has 1 heterocycles. The number of thioether (sulfide) groups is 1. The van der Waals surface area contributed by atoms with Crippen LogP contribution in [0.4, 0.5) is 4.39 Å². The Kier molecular flexibility index (Phi) is 8.27. The van der Waals surface area contributed by atoms with E-state index in [1.54, 1.807) is 30.3 Å². The van der Waals surface area contributed by atoms with E-state index in [-0.39, 0.29) is 17.3 Å². The molecule has 0 saturated carbocycles. The summed E-state index contributed by atoms with van der Waals surface area (Å²) < 4.78 is 24.6. The SMILES string of the molecule is CCCc1nc(S/C(=C\c2ccc(OCc3ccc(F)cc3)c(OCC)c2)C(=O)O)n[nH]1. The van der Waals surface area contributed by atoms with E-state index >= 15 is 0 Å². The highest BCUT2D eigenvalue weighted by Gasteiger charge is 2.15. The molecule has 0 aliphatic carbocycles. The van der Waals surface area contributed by atoms with Crippen LogP contribution in [0.2, 0.25) is 0 Å². The molecule has 3 aromatic rings. The maximum Gasteiger partial charge on any atom is 0.342 e. The lowest BCUT2D eigenvalue weighted by atomic mass is 10.2. The molecule has 168 valence electrons. The van der Waals surface area contributed by atoms with Crippen molar-refractivity contribution in [2.75, 3.05) is 6.61 Å². The zero-order valence-electron chi connectivity index (χ0n) is 17.8. The van der Waals surface area contributed by atoms with Crippen LogP contribution in [0.1, 0.15) is 37.2 Å². The lowest BCUT2D eigenvalue weighted by molar-refractivity contribution is -0.131. The quantitative estimate of drug-likeness (QED) is 0.306. The third-order valence-electron chi connectivity index (χ3n) is 4.28. The summed E-state index contributed by atoms with van der Waals surface area (Å²) in [6.07, 6.45) is 3.20. The molecule has 0 amide bonds. The van der Waals surface area contributed by atoms with Crippen LogP contribution in [-0.2, 0) is 17.8 Å². The summed E-state index contributed by atoms with van der Waals surface area (Å²) in [6.45, 7) is 4.54. The molecule has 32 heavy (non-hydrogen) atoms. The normalized spacial score (nSPS) is 11.4. The number of halogens is 1. The van der Waals surface area contributed by atoms with Gasteiger partial charge in [-0.25, -0.2) is 14.2 Å². The topological polar surface area (TPSA) is 97.3 Å². The van der Waals surface area contributed by atoms with Crippen LogP contribution < -0.4 is 9.47 Å². The van der Waals surface area contributed by atoms with Crippen LogP contribution in [-0.4, -0.2) is 32.9 Å². The zero-order chi connectivity index (χ0) is 22.9. The summed E-state index contributed by atoms with van der Waals surface area (Å²) in [5.41, 5.74) is 1.45. The molecular formula is C23H24FN3O4S. The van der Waals surface area contributed by atoms with Crippen molar-refractivity contribution in [2.24, 2.45) is 0 Å². The number of ether oxygens (including phenoxy) is 2. The van der Waals surface area contributed by atoms with Gasteiger partial charge in [0.1, 0.15) is 23.2 Å². The van der Waals surface area contributed by atoms with Crippen LogP contribution in [0, 0.1) is 5.82 Å². The number of benzene rings is 2. The van der Waals surface area contributed by atoms with Crippen LogP contribution >= 0.6 is 11.8 Å². The van der Waals surface area contributed by atoms with Gasteiger partial charge in [0, 0.05) is 6.42 Å². The number of rotatable bonds is 11. The fourth-order valence-electron chi connectivity index (χ4n) is 2.80. The molecule has 0 atom stereocenters. The third kappa shape index (κ3) is 6.58. The van der Waals surface area contributed by atoms with Crippen molar-refractivity contribution in [1.29, 1.82) is 0 Å². The molecule has 2 aromatic carbocycles. The summed E-state index contributed by atoms with van der Waals surface area (Å²) in [5, 5.41) is 16.9. The van der Waals surface area contributed by atoms with Crippen LogP contribution in [0.15, 0.2) is 52.5 Å². The van der Waals surface area contributed by atoms with E-state index in [4.69, 9.17) is 9.47 Å². The number of nitrogens with zero attached hydrogens (tertiary/aromatic N) is 2. The van der Waals surface area contributed by atoms with Gasteiger partial charge in [-0.15, -0.1) is 5.10 Å². The number of carboxylic acids is 1.